The fraction of sp³-hybridized carbons (Fsp3) is 0.536. The Morgan fingerprint density at radius 3 is 2.06 bits per heavy atom. The highest BCUT2D eigenvalue weighted by Gasteiger charge is 2.33. The molecule has 0 radical (unpaired) electrons. The van der Waals surface area contributed by atoms with Crippen LogP contribution in [0.1, 0.15) is 56.4 Å². The molecule has 2 aromatic carbocycles. The van der Waals surface area contributed by atoms with Crippen LogP contribution in [0.2, 0.25) is 0 Å². The molecule has 6 rings (SSSR count). The van der Waals surface area contributed by atoms with Gasteiger partial charge in [-0.05, 0) is 107 Å². The van der Waals surface area contributed by atoms with E-state index >= 15 is 4.39 Å². The molecule has 1 aromatic heterocycles. The number of nitrogens with one attached hydrogen (secondary N) is 1. The van der Waals surface area contributed by atoms with E-state index in [4.69, 9.17) is 0 Å². The molecule has 0 spiro atoms. The van der Waals surface area contributed by atoms with Gasteiger partial charge in [0, 0.05) is 23.9 Å². The van der Waals surface area contributed by atoms with Crippen LogP contribution in [-0.2, 0) is 9.84 Å². The minimum Gasteiger partial charge on any atom is -0.338 e. The predicted octanol–water partition coefficient (Wildman–Crippen LogP) is 4.97. The summed E-state index contributed by atoms with van der Waals surface area (Å²) in [6.07, 6.45) is 9.86. The number of likely N-dealkylation sites (tertiary alicyclic amines) is 2. The first-order valence-corrected chi connectivity index (χ1v) is 15.2. The van der Waals surface area contributed by atoms with Gasteiger partial charge in [-0.2, -0.15) is 0 Å². The molecule has 0 amide bonds. The lowest BCUT2D eigenvalue weighted by atomic mass is 9.86. The lowest BCUT2D eigenvalue weighted by molar-refractivity contribution is 0.0467. The van der Waals surface area contributed by atoms with E-state index in [1.54, 1.807) is 24.3 Å². The smallest absolute Gasteiger partial charge is 0.175 e. The first-order valence-electron chi connectivity index (χ1n) is 13.3. The maximum atomic E-state index is 15.6. The van der Waals surface area contributed by atoms with Gasteiger partial charge in [0.15, 0.2) is 15.7 Å². The van der Waals surface area contributed by atoms with Crippen molar-refractivity contribution >= 4 is 20.9 Å². The van der Waals surface area contributed by atoms with Gasteiger partial charge in [0.05, 0.1) is 10.4 Å². The van der Waals surface area contributed by atoms with E-state index in [1.165, 1.54) is 51.4 Å². The molecular formula is C28H35FN4O2S. The Balaban J connectivity index is 1.12. The SMILES string of the molecule is CS(=O)(=O)c1ccc(-c2nc3c(F)c(C4CCN(C5CCN(C6CCC6)CC5)CC4)ccc3[nH]2)cc1. The summed E-state index contributed by atoms with van der Waals surface area (Å²) >= 11 is 0. The number of sulfone groups is 1. The molecule has 1 N–H and O–H groups in total. The van der Waals surface area contributed by atoms with Crippen LogP contribution >= 0.6 is 0 Å². The van der Waals surface area contributed by atoms with Crippen molar-refractivity contribution in [3.05, 3.63) is 47.8 Å². The summed E-state index contributed by atoms with van der Waals surface area (Å²) in [5.41, 5.74) is 2.53. The molecule has 0 bridgehead atoms. The number of nitrogens with zero attached hydrogens (tertiary/aromatic N) is 3. The largest absolute Gasteiger partial charge is 0.338 e. The van der Waals surface area contributed by atoms with E-state index in [-0.39, 0.29) is 16.6 Å². The normalized spacial score (nSPS) is 21.7. The minimum absolute atomic E-state index is 0.218. The van der Waals surface area contributed by atoms with Crippen LogP contribution < -0.4 is 0 Å². The Bertz CT molecular complexity index is 1330. The second-order valence-electron chi connectivity index (χ2n) is 10.9. The summed E-state index contributed by atoms with van der Waals surface area (Å²) < 4.78 is 39.1. The fourth-order valence-electron chi connectivity index (χ4n) is 6.31. The summed E-state index contributed by atoms with van der Waals surface area (Å²) in [7, 11) is -3.26. The van der Waals surface area contributed by atoms with Gasteiger partial charge in [-0.3, -0.25) is 0 Å². The van der Waals surface area contributed by atoms with E-state index < -0.39 is 9.84 Å². The Kier molecular flexibility index (Phi) is 6.38. The topological polar surface area (TPSA) is 69.3 Å². The maximum absolute atomic E-state index is 15.6. The van der Waals surface area contributed by atoms with Gasteiger partial charge < -0.3 is 14.8 Å². The molecule has 3 aromatic rings. The van der Waals surface area contributed by atoms with Crippen LogP contribution in [0.5, 0.6) is 0 Å². The Morgan fingerprint density at radius 2 is 1.47 bits per heavy atom. The third kappa shape index (κ3) is 4.59. The highest BCUT2D eigenvalue weighted by Crippen LogP contribution is 2.35. The van der Waals surface area contributed by atoms with E-state index in [1.807, 2.05) is 12.1 Å². The number of halogens is 1. The van der Waals surface area contributed by atoms with E-state index in [0.717, 1.165) is 43.1 Å². The molecule has 1 aliphatic carbocycles. The zero-order valence-electron chi connectivity index (χ0n) is 20.9. The third-order valence-corrected chi connectivity index (χ3v) is 9.88. The van der Waals surface area contributed by atoms with Gasteiger partial charge in [0.2, 0.25) is 0 Å². The number of hydrogen-bond donors (Lipinski definition) is 1. The number of H-pyrrole nitrogens is 1. The van der Waals surface area contributed by atoms with Crippen molar-refractivity contribution in [2.24, 2.45) is 0 Å². The van der Waals surface area contributed by atoms with Gasteiger partial charge in [-0.1, -0.05) is 12.5 Å². The molecule has 36 heavy (non-hydrogen) atoms. The summed E-state index contributed by atoms with van der Waals surface area (Å²) in [6, 6.07) is 11.9. The fourth-order valence-corrected chi connectivity index (χ4v) is 6.94. The average molecular weight is 511 g/mol. The summed E-state index contributed by atoms with van der Waals surface area (Å²) in [5, 5.41) is 0. The maximum Gasteiger partial charge on any atom is 0.175 e. The van der Waals surface area contributed by atoms with Crippen molar-refractivity contribution < 1.29 is 12.8 Å². The van der Waals surface area contributed by atoms with E-state index in [2.05, 4.69) is 19.8 Å². The molecular weight excluding hydrogens is 475 g/mol. The zero-order chi connectivity index (χ0) is 24.9. The number of imidazole rings is 1. The number of fused-ring (bicyclic) bond motifs is 1. The monoisotopic (exact) mass is 510 g/mol. The third-order valence-electron chi connectivity index (χ3n) is 8.75. The van der Waals surface area contributed by atoms with Gasteiger partial charge in [0.25, 0.3) is 0 Å². The molecule has 3 fully saturated rings. The summed E-state index contributed by atoms with van der Waals surface area (Å²) in [5.74, 6) is 0.536. The van der Waals surface area contributed by atoms with Crippen molar-refractivity contribution in [1.82, 2.24) is 19.8 Å². The average Bonchev–Trinajstić information content (AvgIpc) is 3.29. The Hall–Kier alpha value is -2.29. The van der Waals surface area contributed by atoms with Crippen LogP contribution in [0.25, 0.3) is 22.4 Å². The minimum atomic E-state index is -3.26. The van der Waals surface area contributed by atoms with Crippen LogP contribution in [-0.4, -0.2) is 72.7 Å². The number of benzene rings is 2. The Morgan fingerprint density at radius 1 is 0.861 bits per heavy atom. The number of aromatic amines is 1. The standard InChI is InChI=1S/C28H35FN4O2S/c1-36(34,35)23-7-5-20(6-8-23)28-30-25-10-9-24(26(29)27(25)31-28)19-11-15-32(16-12-19)22-13-17-33(18-14-22)21-3-2-4-21/h5-10,19,21-22H,2-4,11-18H2,1H3,(H,30,31). The number of hydrogen-bond acceptors (Lipinski definition) is 5. The quantitative estimate of drug-likeness (QED) is 0.525. The molecule has 3 heterocycles. The van der Waals surface area contributed by atoms with Gasteiger partial charge in [0.1, 0.15) is 11.3 Å². The van der Waals surface area contributed by atoms with E-state index in [9.17, 15) is 8.42 Å². The number of rotatable bonds is 5. The molecule has 0 atom stereocenters. The van der Waals surface area contributed by atoms with Crippen LogP contribution in [0.4, 0.5) is 4.39 Å². The molecule has 1 saturated carbocycles. The highest BCUT2D eigenvalue weighted by molar-refractivity contribution is 7.90. The van der Waals surface area contributed by atoms with Crippen LogP contribution in [0, 0.1) is 5.82 Å². The predicted molar refractivity (Wildman–Crippen MR) is 140 cm³/mol. The van der Waals surface area contributed by atoms with Gasteiger partial charge >= 0.3 is 0 Å². The number of piperidine rings is 2. The Labute approximate surface area is 212 Å². The molecule has 2 saturated heterocycles. The van der Waals surface area contributed by atoms with Crippen molar-refractivity contribution in [1.29, 1.82) is 0 Å². The van der Waals surface area contributed by atoms with Gasteiger partial charge in [-0.15, -0.1) is 0 Å². The first-order chi connectivity index (χ1) is 17.4. The molecule has 6 nitrogen and oxygen atoms in total. The molecule has 2 aliphatic heterocycles. The molecule has 3 aliphatic rings. The zero-order valence-corrected chi connectivity index (χ0v) is 21.7. The first kappa shape index (κ1) is 24.1. The van der Waals surface area contributed by atoms with Crippen LogP contribution in [0.3, 0.4) is 0 Å². The van der Waals surface area contributed by atoms with E-state index in [0.29, 0.717) is 22.9 Å². The molecule has 0 unspecified atom stereocenters. The highest BCUT2D eigenvalue weighted by atomic mass is 32.2. The lowest BCUT2D eigenvalue weighted by Crippen LogP contribution is -2.51. The van der Waals surface area contributed by atoms with Crippen molar-refractivity contribution in [3.8, 4) is 11.4 Å². The van der Waals surface area contributed by atoms with Gasteiger partial charge in [-0.25, -0.2) is 17.8 Å². The molecule has 8 heteroatoms. The summed E-state index contributed by atoms with van der Waals surface area (Å²) in [4.78, 5) is 13.4. The number of aromatic nitrogens is 2. The summed E-state index contributed by atoms with van der Waals surface area (Å²) in [6.45, 7) is 4.54. The van der Waals surface area contributed by atoms with Crippen molar-refractivity contribution in [2.45, 2.75) is 67.8 Å². The van der Waals surface area contributed by atoms with Crippen molar-refractivity contribution in [2.75, 3.05) is 32.4 Å². The van der Waals surface area contributed by atoms with Crippen LogP contribution in [0.15, 0.2) is 41.3 Å². The van der Waals surface area contributed by atoms with Crippen molar-refractivity contribution in [3.63, 3.8) is 0 Å². The molecule has 192 valence electrons. The second kappa shape index (κ2) is 9.54. The lowest BCUT2D eigenvalue weighted by Gasteiger charge is -2.45. The second-order valence-corrected chi connectivity index (χ2v) is 12.9.